The van der Waals surface area contributed by atoms with Crippen LogP contribution in [0.4, 0.5) is 16.6 Å². The second-order valence-corrected chi connectivity index (χ2v) is 10.8. The maximum Gasteiger partial charge on any atom is 0.409 e. The van der Waals surface area contributed by atoms with E-state index in [1.54, 1.807) is 0 Å². The minimum Gasteiger partial charge on any atom is -0.449 e. The monoisotopic (exact) mass is 498 g/mol. The van der Waals surface area contributed by atoms with Gasteiger partial charge in [0.15, 0.2) is 17.0 Å². The van der Waals surface area contributed by atoms with Crippen LogP contribution in [0.3, 0.4) is 0 Å². The van der Waals surface area contributed by atoms with Gasteiger partial charge in [-0.2, -0.15) is 9.97 Å². The summed E-state index contributed by atoms with van der Waals surface area (Å²) in [5.41, 5.74) is 7.86. The number of hydrogen-bond acceptors (Lipinski definition) is 8. The van der Waals surface area contributed by atoms with E-state index in [1.807, 2.05) is 11.2 Å². The molecule has 1 saturated heterocycles. The van der Waals surface area contributed by atoms with Crippen LogP contribution in [0.2, 0.25) is 0 Å². The number of nitrogens with two attached hydrogens (primary N) is 1. The van der Waals surface area contributed by atoms with Gasteiger partial charge in [0.05, 0.1) is 12.9 Å². The lowest BCUT2D eigenvalue weighted by atomic mass is 9.92. The maximum atomic E-state index is 12.3. The Bertz CT molecular complexity index is 1000. The third-order valence-corrected chi connectivity index (χ3v) is 8.06. The summed E-state index contributed by atoms with van der Waals surface area (Å²) in [5, 5.41) is 7.26. The van der Waals surface area contributed by atoms with Crippen LogP contribution >= 0.6 is 0 Å². The SMILES string of the molecule is CCCCOC(=O)N1CCC(Nc2nc(N[C@H]3CC[C@H](N)CC3)nc3c2ncn3C2CCCC2)CC1. The van der Waals surface area contributed by atoms with Crippen molar-refractivity contribution in [1.29, 1.82) is 0 Å². The minimum atomic E-state index is -0.194. The Labute approximate surface area is 213 Å². The summed E-state index contributed by atoms with van der Waals surface area (Å²) in [5.74, 6) is 1.46. The van der Waals surface area contributed by atoms with Gasteiger partial charge in [-0.1, -0.05) is 26.2 Å². The lowest BCUT2D eigenvalue weighted by Crippen LogP contribution is -2.42. The van der Waals surface area contributed by atoms with Gasteiger partial charge < -0.3 is 30.6 Å². The largest absolute Gasteiger partial charge is 0.449 e. The highest BCUT2D eigenvalue weighted by Gasteiger charge is 2.27. The third-order valence-electron chi connectivity index (χ3n) is 8.06. The van der Waals surface area contributed by atoms with Gasteiger partial charge in [-0.15, -0.1) is 0 Å². The number of imidazole rings is 1. The van der Waals surface area contributed by atoms with E-state index in [9.17, 15) is 4.79 Å². The van der Waals surface area contributed by atoms with Crippen molar-refractivity contribution in [2.75, 3.05) is 30.3 Å². The molecule has 3 aliphatic rings. The number of piperidine rings is 1. The zero-order valence-electron chi connectivity index (χ0n) is 21.6. The van der Waals surface area contributed by atoms with Gasteiger partial charge in [-0.05, 0) is 57.8 Å². The molecule has 1 amide bonds. The molecule has 0 spiro atoms. The fraction of sp³-hybridized carbons (Fsp3) is 0.769. The number of ether oxygens (including phenoxy) is 1. The first-order valence-corrected chi connectivity index (χ1v) is 14.1. The highest BCUT2D eigenvalue weighted by Crippen LogP contribution is 2.34. The average molecular weight is 499 g/mol. The third kappa shape index (κ3) is 5.85. The van der Waals surface area contributed by atoms with E-state index in [0.29, 0.717) is 43.8 Å². The Morgan fingerprint density at radius 1 is 1.03 bits per heavy atom. The van der Waals surface area contributed by atoms with Crippen molar-refractivity contribution in [2.45, 2.75) is 108 Å². The van der Waals surface area contributed by atoms with Crippen molar-refractivity contribution in [1.82, 2.24) is 24.4 Å². The summed E-state index contributed by atoms with van der Waals surface area (Å²) in [7, 11) is 0. The van der Waals surface area contributed by atoms with Gasteiger partial charge in [0, 0.05) is 37.3 Å². The molecule has 0 atom stereocenters. The van der Waals surface area contributed by atoms with Gasteiger partial charge in [0.25, 0.3) is 0 Å². The number of carbonyl (C=O) groups excluding carboxylic acids is 1. The van der Waals surface area contributed by atoms with Crippen molar-refractivity contribution in [3.63, 3.8) is 0 Å². The molecule has 4 N–H and O–H groups in total. The molecule has 2 saturated carbocycles. The molecule has 5 rings (SSSR count). The lowest BCUT2D eigenvalue weighted by Gasteiger charge is -2.32. The standard InChI is InChI=1S/C26H42N8O2/c1-2-3-16-36-26(35)33-14-12-20(13-15-33)29-23-22-24(34(17-28-22)21-6-4-5-7-21)32-25(31-23)30-19-10-8-18(27)9-11-19/h17-21H,2-16,27H2,1H3,(H2,29,30,31,32)/t18-,19-. The van der Waals surface area contributed by atoms with Crippen LogP contribution in [0.15, 0.2) is 6.33 Å². The van der Waals surface area contributed by atoms with E-state index in [0.717, 1.165) is 68.3 Å². The first-order chi connectivity index (χ1) is 17.6. The van der Waals surface area contributed by atoms with E-state index >= 15 is 0 Å². The van der Waals surface area contributed by atoms with Gasteiger partial charge in [-0.25, -0.2) is 9.78 Å². The molecular weight excluding hydrogens is 456 g/mol. The minimum absolute atomic E-state index is 0.194. The Morgan fingerprint density at radius 3 is 2.47 bits per heavy atom. The zero-order chi connectivity index (χ0) is 24.9. The van der Waals surface area contributed by atoms with E-state index in [2.05, 4.69) is 22.1 Å². The number of hydrogen-bond donors (Lipinski definition) is 3. The average Bonchev–Trinajstić information content (AvgIpc) is 3.56. The highest BCUT2D eigenvalue weighted by atomic mass is 16.6. The maximum absolute atomic E-state index is 12.3. The molecule has 2 aliphatic carbocycles. The van der Waals surface area contributed by atoms with Crippen LogP contribution in [0.1, 0.15) is 90.0 Å². The summed E-state index contributed by atoms with van der Waals surface area (Å²) in [6.45, 7) is 3.96. The number of unbranched alkanes of at least 4 members (excludes halogenated alkanes) is 1. The van der Waals surface area contributed by atoms with Gasteiger partial charge in [0.2, 0.25) is 5.95 Å². The molecule has 10 heteroatoms. The van der Waals surface area contributed by atoms with Crippen molar-refractivity contribution in [2.24, 2.45) is 5.73 Å². The summed E-state index contributed by atoms with van der Waals surface area (Å²) in [6.07, 6.45) is 14.4. The highest BCUT2D eigenvalue weighted by molar-refractivity contribution is 5.84. The predicted molar refractivity (Wildman–Crippen MR) is 141 cm³/mol. The fourth-order valence-corrected chi connectivity index (χ4v) is 5.77. The topological polar surface area (TPSA) is 123 Å². The fourth-order valence-electron chi connectivity index (χ4n) is 5.77. The van der Waals surface area contributed by atoms with Gasteiger partial charge >= 0.3 is 6.09 Å². The number of aromatic nitrogens is 4. The number of nitrogens with one attached hydrogen (secondary N) is 2. The van der Waals surface area contributed by atoms with E-state index in [-0.39, 0.29) is 12.1 Å². The first kappa shape index (κ1) is 25.0. The summed E-state index contributed by atoms with van der Waals surface area (Å²) in [4.78, 5) is 28.8. The smallest absolute Gasteiger partial charge is 0.409 e. The molecule has 2 aromatic rings. The normalized spacial score (nSPS) is 23.8. The Hall–Kier alpha value is -2.62. The van der Waals surface area contributed by atoms with Crippen molar-refractivity contribution in [3.05, 3.63) is 6.33 Å². The van der Waals surface area contributed by atoms with Crippen LogP contribution in [0.25, 0.3) is 11.2 Å². The molecule has 0 radical (unpaired) electrons. The zero-order valence-corrected chi connectivity index (χ0v) is 21.6. The Morgan fingerprint density at radius 2 is 1.75 bits per heavy atom. The van der Waals surface area contributed by atoms with E-state index < -0.39 is 0 Å². The molecule has 10 nitrogen and oxygen atoms in total. The van der Waals surface area contributed by atoms with Crippen molar-refractivity contribution < 1.29 is 9.53 Å². The summed E-state index contributed by atoms with van der Waals surface area (Å²) >= 11 is 0. The van der Waals surface area contributed by atoms with Crippen molar-refractivity contribution in [3.8, 4) is 0 Å². The Kier molecular flexibility index (Phi) is 8.09. The molecule has 1 aliphatic heterocycles. The molecular formula is C26H42N8O2. The molecule has 36 heavy (non-hydrogen) atoms. The molecule has 0 unspecified atom stereocenters. The molecule has 3 heterocycles. The number of anilines is 2. The lowest BCUT2D eigenvalue weighted by molar-refractivity contribution is 0.0928. The predicted octanol–water partition coefficient (Wildman–Crippen LogP) is 4.44. The number of fused-ring (bicyclic) bond motifs is 1. The number of rotatable bonds is 8. The molecule has 3 fully saturated rings. The van der Waals surface area contributed by atoms with Crippen LogP contribution < -0.4 is 16.4 Å². The van der Waals surface area contributed by atoms with E-state index in [1.165, 1.54) is 25.7 Å². The number of nitrogens with zero attached hydrogens (tertiary/aromatic N) is 5. The Balaban J connectivity index is 1.30. The van der Waals surface area contributed by atoms with Gasteiger partial charge in [0.1, 0.15) is 0 Å². The second kappa shape index (κ2) is 11.6. The number of amides is 1. The summed E-state index contributed by atoms with van der Waals surface area (Å²) in [6, 6.07) is 1.34. The van der Waals surface area contributed by atoms with Crippen LogP contribution in [-0.4, -0.2) is 68.3 Å². The van der Waals surface area contributed by atoms with Crippen LogP contribution in [-0.2, 0) is 4.74 Å². The van der Waals surface area contributed by atoms with Crippen molar-refractivity contribution >= 4 is 29.0 Å². The number of carbonyl (C=O) groups is 1. The summed E-state index contributed by atoms with van der Waals surface area (Å²) < 4.78 is 7.65. The molecule has 0 bridgehead atoms. The second-order valence-electron chi connectivity index (χ2n) is 10.8. The van der Waals surface area contributed by atoms with Gasteiger partial charge in [-0.3, -0.25) is 0 Å². The quantitative estimate of drug-likeness (QED) is 0.457. The first-order valence-electron chi connectivity index (χ1n) is 14.1. The van der Waals surface area contributed by atoms with Crippen LogP contribution in [0, 0.1) is 0 Å². The van der Waals surface area contributed by atoms with E-state index in [4.69, 9.17) is 25.4 Å². The van der Waals surface area contributed by atoms with Crippen LogP contribution in [0.5, 0.6) is 0 Å². The molecule has 198 valence electrons. The number of likely N-dealkylation sites (tertiary alicyclic amines) is 1. The molecule has 2 aromatic heterocycles. The molecule has 0 aromatic carbocycles.